The lowest BCUT2D eigenvalue weighted by atomic mass is 10.2. The lowest BCUT2D eigenvalue weighted by Gasteiger charge is -2.26. The van der Waals surface area contributed by atoms with E-state index in [0.717, 1.165) is 50.0 Å². The van der Waals surface area contributed by atoms with E-state index in [0.29, 0.717) is 17.5 Å². The molecule has 0 spiro atoms. The maximum atomic E-state index is 15.1. The lowest BCUT2D eigenvalue weighted by Crippen LogP contribution is -2.38. The van der Waals surface area contributed by atoms with Crippen LogP contribution in [0.15, 0.2) is 48.7 Å². The molecule has 1 fully saturated rings. The molecule has 0 saturated carbocycles. The van der Waals surface area contributed by atoms with E-state index in [2.05, 4.69) is 36.6 Å². The van der Waals surface area contributed by atoms with Crippen LogP contribution in [0.2, 0.25) is 0 Å². The van der Waals surface area contributed by atoms with Crippen LogP contribution in [-0.4, -0.2) is 59.3 Å². The normalized spacial score (nSPS) is 13.9. The fraction of sp³-hybridized carbons (Fsp3) is 0.269. The summed E-state index contributed by atoms with van der Waals surface area (Å²) in [7, 11) is 0. The van der Waals surface area contributed by atoms with Crippen molar-refractivity contribution in [2.75, 3.05) is 50.1 Å². The fourth-order valence-electron chi connectivity index (χ4n) is 4.06. The first-order chi connectivity index (χ1) is 17.6. The number of fused-ring (bicyclic) bond motifs is 1. The summed E-state index contributed by atoms with van der Waals surface area (Å²) in [4.78, 5) is 14.1. The molecule has 0 amide bonds. The molecule has 9 nitrogen and oxygen atoms in total. The summed E-state index contributed by atoms with van der Waals surface area (Å²) in [5.74, 6) is 0.771. The number of hydrogen-bond acceptors (Lipinski definition) is 8. The maximum absolute atomic E-state index is 15.1. The van der Waals surface area contributed by atoms with Gasteiger partial charge < -0.3 is 25.1 Å². The number of anilines is 4. The standard InChI is InChI=1S/C26H26FN7O2/c1-17-13-21-22(30-17)5-6-23(24(21)27)32-25-18(15-28)16-29-26(33-25)31-19-3-2-4-20(14-19)36-12-9-34-7-10-35-11-8-34/h2-6,13-14,16,30H,7-12H2,1H3,(H2,29,31,32,33). The van der Waals surface area contributed by atoms with Gasteiger partial charge in [0.25, 0.3) is 0 Å². The van der Waals surface area contributed by atoms with Gasteiger partial charge in [-0.1, -0.05) is 6.07 Å². The van der Waals surface area contributed by atoms with Gasteiger partial charge in [0.1, 0.15) is 24.0 Å². The second kappa shape index (κ2) is 10.6. The van der Waals surface area contributed by atoms with Crippen molar-refractivity contribution in [1.29, 1.82) is 5.26 Å². The van der Waals surface area contributed by atoms with Gasteiger partial charge in [-0.15, -0.1) is 0 Å². The minimum absolute atomic E-state index is 0.200. The zero-order chi connectivity index (χ0) is 24.9. The Bertz CT molecular complexity index is 1410. The Hall–Kier alpha value is -4.20. The second-order valence-electron chi connectivity index (χ2n) is 8.49. The summed E-state index contributed by atoms with van der Waals surface area (Å²) < 4.78 is 26.4. The Morgan fingerprint density at radius 3 is 2.89 bits per heavy atom. The van der Waals surface area contributed by atoms with E-state index >= 15 is 4.39 Å². The van der Waals surface area contributed by atoms with Gasteiger partial charge in [0.15, 0.2) is 11.6 Å². The molecule has 0 atom stereocenters. The molecule has 36 heavy (non-hydrogen) atoms. The van der Waals surface area contributed by atoms with E-state index in [4.69, 9.17) is 9.47 Å². The van der Waals surface area contributed by atoms with Crippen LogP contribution in [-0.2, 0) is 4.74 Å². The van der Waals surface area contributed by atoms with Gasteiger partial charge in [0.05, 0.1) is 25.1 Å². The highest BCUT2D eigenvalue weighted by atomic mass is 19.1. The fourth-order valence-corrected chi connectivity index (χ4v) is 4.06. The first-order valence-corrected chi connectivity index (χ1v) is 11.7. The topological polar surface area (TPSA) is 111 Å². The highest BCUT2D eigenvalue weighted by molar-refractivity contribution is 5.86. The first kappa shape index (κ1) is 23.5. The number of nitriles is 1. The molecule has 3 N–H and O–H groups in total. The largest absolute Gasteiger partial charge is 0.492 e. The molecule has 1 aliphatic rings. The number of ether oxygens (including phenoxy) is 2. The Morgan fingerprint density at radius 2 is 2.06 bits per heavy atom. The van der Waals surface area contributed by atoms with Gasteiger partial charge in [-0.3, -0.25) is 4.90 Å². The van der Waals surface area contributed by atoms with Crippen LogP contribution in [0.1, 0.15) is 11.3 Å². The summed E-state index contributed by atoms with van der Waals surface area (Å²) >= 11 is 0. The van der Waals surface area contributed by atoms with Crippen molar-refractivity contribution in [2.24, 2.45) is 0 Å². The molecule has 4 aromatic rings. The third-order valence-corrected chi connectivity index (χ3v) is 5.90. The molecule has 0 radical (unpaired) electrons. The SMILES string of the molecule is Cc1cc2c(F)c(Nc3nc(Nc4cccc(OCCN5CCOCC5)c4)ncc3C#N)ccc2[nH]1. The number of hydrogen-bond donors (Lipinski definition) is 3. The molecule has 0 unspecified atom stereocenters. The number of aromatic nitrogens is 3. The number of aromatic amines is 1. The van der Waals surface area contributed by atoms with Gasteiger partial charge in [-0.25, -0.2) is 9.37 Å². The zero-order valence-corrected chi connectivity index (χ0v) is 19.8. The number of nitrogens with one attached hydrogen (secondary N) is 3. The average molecular weight is 488 g/mol. The van der Waals surface area contributed by atoms with Crippen molar-refractivity contribution in [2.45, 2.75) is 6.92 Å². The summed E-state index contributed by atoms with van der Waals surface area (Å²) in [6.07, 6.45) is 1.40. The Kier molecular flexibility index (Phi) is 6.93. The molecule has 2 aromatic heterocycles. The van der Waals surface area contributed by atoms with Crippen LogP contribution in [0.5, 0.6) is 5.75 Å². The summed E-state index contributed by atoms with van der Waals surface area (Å²) in [6.45, 7) is 6.62. The number of nitrogens with zero attached hydrogens (tertiary/aromatic N) is 4. The number of rotatable bonds is 8. The Morgan fingerprint density at radius 1 is 1.19 bits per heavy atom. The minimum Gasteiger partial charge on any atom is -0.492 e. The number of halogens is 1. The maximum Gasteiger partial charge on any atom is 0.229 e. The third-order valence-electron chi connectivity index (χ3n) is 5.90. The molecular formula is C26H26FN7O2. The predicted octanol–water partition coefficient (Wildman–Crippen LogP) is 4.48. The molecule has 1 aliphatic heterocycles. The van der Waals surface area contributed by atoms with Gasteiger partial charge >= 0.3 is 0 Å². The molecule has 0 bridgehead atoms. The molecule has 0 aliphatic carbocycles. The van der Waals surface area contributed by atoms with Crippen LogP contribution in [0.4, 0.5) is 27.5 Å². The molecule has 10 heteroatoms. The van der Waals surface area contributed by atoms with Gasteiger partial charge in [-0.05, 0) is 37.3 Å². The highest BCUT2D eigenvalue weighted by Crippen LogP contribution is 2.29. The van der Waals surface area contributed by atoms with E-state index in [1.54, 1.807) is 18.2 Å². The number of H-pyrrole nitrogens is 1. The molecular weight excluding hydrogens is 461 g/mol. The van der Waals surface area contributed by atoms with E-state index in [9.17, 15) is 5.26 Å². The number of morpholine rings is 1. The summed E-state index contributed by atoms with van der Waals surface area (Å²) in [5, 5.41) is 16.1. The molecule has 184 valence electrons. The molecule has 5 rings (SSSR count). The van der Waals surface area contributed by atoms with Gasteiger partial charge in [0, 0.05) is 48.0 Å². The monoisotopic (exact) mass is 487 g/mol. The smallest absolute Gasteiger partial charge is 0.229 e. The summed E-state index contributed by atoms with van der Waals surface area (Å²) in [5.41, 5.74) is 2.71. The second-order valence-corrected chi connectivity index (χ2v) is 8.49. The highest BCUT2D eigenvalue weighted by Gasteiger charge is 2.14. The van der Waals surface area contributed by atoms with E-state index in [1.807, 2.05) is 31.2 Å². The van der Waals surface area contributed by atoms with Crippen LogP contribution < -0.4 is 15.4 Å². The van der Waals surface area contributed by atoms with Crippen molar-refractivity contribution in [3.8, 4) is 11.8 Å². The molecule has 1 saturated heterocycles. The lowest BCUT2D eigenvalue weighted by molar-refractivity contribution is 0.0322. The van der Waals surface area contributed by atoms with Crippen molar-refractivity contribution >= 4 is 34.0 Å². The quantitative estimate of drug-likeness (QED) is 0.334. The zero-order valence-electron chi connectivity index (χ0n) is 19.8. The predicted molar refractivity (Wildman–Crippen MR) is 136 cm³/mol. The third kappa shape index (κ3) is 5.38. The minimum atomic E-state index is -0.421. The van der Waals surface area contributed by atoms with Crippen molar-refractivity contribution in [1.82, 2.24) is 19.9 Å². The first-order valence-electron chi connectivity index (χ1n) is 11.7. The average Bonchev–Trinajstić information content (AvgIpc) is 3.28. The van der Waals surface area contributed by atoms with Crippen LogP contribution >= 0.6 is 0 Å². The number of aryl methyl sites for hydroxylation is 1. The number of benzene rings is 2. The van der Waals surface area contributed by atoms with Crippen LogP contribution in [0, 0.1) is 24.1 Å². The summed E-state index contributed by atoms with van der Waals surface area (Å²) in [6, 6.07) is 14.7. The van der Waals surface area contributed by atoms with Gasteiger partial charge in [-0.2, -0.15) is 10.2 Å². The van der Waals surface area contributed by atoms with E-state index < -0.39 is 5.82 Å². The van der Waals surface area contributed by atoms with Crippen molar-refractivity contribution in [3.05, 3.63) is 65.7 Å². The van der Waals surface area contributed by atoms with Gasteiger partial charge in [0.2, 0.25) is 5.95 Å². The molecule has 2 aromatic carbocycles. The Balaban J connectivity index is 1.29. The Labute approximate surface area is 207 Å². The van der Waals surface area contributed by atoms with Crippen molar-refractivity contribution in [3.63, 3.8) is 0 Å². The van der Waals surface area contributed by atoms with Crippen LogP contribution in [0.3, 0.4) is 0 Å². The molecule has 3 heterocycles. The van der Waals surface area contributed by atoms with E-state index in [1.165, 1.54) is 6.20 Å². The van der Waals surface area contributed by atoms with E-state index in [-0.39, 0.29) is 23.0 Å². The van der Waals surface area contributed by atoms with Crippen molar-refractivity contribution < 1.29 is 13.9 Å². The van der Waals surface area contributed by atoms with Crippen LogP contribution in [0.25, 0.3) is 10.9 Å².